The van der Waals surface area contributed by atoms with Crippen LogP contribution in [0, 0.1) is 0 Å². The normalized spacial score (nSPS) is 15.7. The average Bonchev–Trinajstić information content (AvgIpc) is 2.74. The Morgan fingerprint density at radius 1 is 1.04 bits per heavy atom. The van der Waals surface area contributed by atoms with Crippen molar-refractivity contribution in [2.45, 2.75) is 25.9 Å². The molecule has 6 nitrogen and oxygen atoms in total. The zero-order chi connectivity index (χ0) is 19.3. The van der Waals surface area contributed by atoms with Crippen LogP contribution in [-0.4, -0.2) is 27.3 Å². The molecule has 2 N–H and O–H groups in total. The van der Waals surface area contributed by atoms with Gasteiger partial charge in [-0.25, -0.2) is 9.97 Å². The van der Waals surface area contributed by atoms with Gasteiger partial charge in [-0.15, -0.1) is 0 Å². The number of anilines is 3. The van der Waals surface area contributed by atoms with Gasteiger partial charge in [0.15, 0.2) is 0 Å². The third kappa shape index (κ3) is 3.53. The molecule has 1 aliphatic heterocycles. The Hall–Kier alpha value is -3.41. The van der Waals surface area contributed by atoms with E-state index in [4.69, 9.17) is 0 Å². The fraction of sp³-hybridized carbons (Fsp3) is 0.227. The molecule has 1 amide bonds. The zero-order valence-electron chi connectivity index (χ0n) is 15.8. The Morgan fingerprint density at radius 3 is 2.46 bits per heavy atom. The highest BCUT2D eigenvalue weighted by molar-refractivity contribution is 6.05. The Bertz CT molecular complexity index is 946. The molecule has 3 aromatic rings. The summed E-state index contributed by atoms with van der Waals surface area (Å²) in [6.45, 7) is 2.79. The van der Waals surface area contributed by atoms with Crippen molar-refractivity contribution in [3.63, 3.8) is 0 Å². The quantitative estimate of drug-likeness (QED) is 0.661. The molecule has 28 heavy (non-hydrogen) atoms. The predicted octanol–water partition coefficient (Wildman–Crippen LogP) is 4.59. The highest BCUT2D eigenvalue weighted by Gasteiger charge is 2.35. The Kier molecular flexibility index (Phi) is 5.19. The molecule has 0 aliphatic carbocycles. The van der Waals surface area contributed by atoms with E-state index in [0.717, 1.165) is 24.1 Å². The molecule has 142 valence electrons. The van der Waals surface area contributed by atoms with Crippen LogP contribution in [0.4, 0.5) is 17.3 Å². The molecule has 0 radical (unpaired) electrons. The van der Waals surface area contributed by atoms with Crippen molar-refractivity contribution >= 4 is 23.2 Å². The van der Waals surface area contributed by atoms with Crippen molar-refractivity contribution in [2.24, 2.45) is 0 Å². The molecule has 4 rings (SSSR count). The highest BCUT2D eigenvalue weighted by atomic mass is 16.2. The third-order valence-electron chi connectivity index (χ3n) is 4.81. The average molecular weight is 373 g/mol. The first-order valence-corrected chi connectivity index (χ1v) is 9.57. The first kappa shape index (κ1) is 18.0. The van der Waals surface area contributed by atoms with Crippen LogP contribution in [0.3, 0.4) is 0 Å². The maximum atomic E-state index is 13.5. The van der Waals surface area contributed by atoms with Gasteiger partial charge in [0.05, 0.1) is 0 Å². The lowest BCUT2D eigenvalue weighted by molar-refractivity contribution is 0.0679. The van der Waals surface area contributed by atoms with E-state index < -0.39 is 0 Å². The number of hydrogen-bond donors (Lipinski definition) is 2. The Morgan fingerprint density at radius 2 is 1.75 bits per heavy atom. The van der Waals surface area contributed by atoms with Crippen molar-refractivity contribution in [2.75, 3.05) is 17.2 Å². The maximum Gasteiger partial charge on any atom is 0.263 e. The van der Waals surface area contributed by atoms with Gasteiger partial charge in [0.1, 0.15) is 29.7 Å². The molecular weight excluding hydrogens is 350 g/mol. The van der Waals surface area contributed by atoms with E-state index in [-0.39, 0.29) is 12.1 Å². The largest absolute Gasteiger partial charge is 0.345 e. The number of fused-ring (bicyclic) bond motifs is 1. The predicted molar refractivity (Wildman–Crippen MR) is 111 cm³/mol. The summed E-state index contributed by atoms with van der Waals surface area (Å²) in [6.07, 6.45) is 3.18. The molecule has 0 saturated heterocycles. The first-order chi connectivity index (χ1) is 13.8. The molecule has 2 heterocycles. The number of rotatable bonds is 6. The van der Waals surface area contributed by atoms with Crippen LogP contribution in [0.2, 0.25) is 0 Å². The molecule has 1 aromatic heterocycles. The molecule has 2 aromatic carbocycles. The fourth-order valence-electron chi connectivity index (χ4n) is 3.38. The number of carbonyl (C=O) groups is 1. The molecule has 1 unspecified atom stereocenters. The van der Waals surface area contributed by atoms with Gasteiger partial charge in [0, 0.05) is 12.2 Å². The van der Waals surface area contributed by atoms with Crippen molar-refractivity contribution in [1.29, 1.82) is 0 Å². The van der Waals surface area contributed by atoms with Crippen molar-refractivity contribution < 1.29 is 4.79 Å². The molecule has 0 saturated carbocycles. The summed E-state index contributed by atoms with van der Waals surface area (Å²) >= 11 is 0. The third-order valence-corrected chi connectivity index (χ3v) is 4.81. The SMILES string of the molecule is CCCCN1C(=O)c2c(Nc3ccccc3)ncnc2NC1c1ccccc1. The number of nitrogens with one attached hydrogen (secondary N) is 2. The number of benzene rings is 2. The van der Waals surface area contributed by atoms with Crippen LogP contribution >= 0.6 is 0 Å². The van der Waals surface area contributed by atoms with Crippen LogP contribution in [0.25, 0.3) is 0 Å². The molecule has 1 atom stereocenters. The van der Waals surface area contributed by atoms with Crippen molar-refractivity contribution in [1.82, 2.24) is 14.9 Å². The minimum Gasteiger partial charge on any atom is -0.345 e. The second-order valence-corrected chi connectivity index (χ2v) is 6.75. The Labute approximate surface area is 164 Å². The maximum absolute atomic E-state index is 13.5. The van der Waals surface area contributed by atoms with E-state index in [9.17, 15) is 4.79 Å². The lowest BCUT2D eigenvalue weighted by atomic mass is 10.1. The summed E-state index contributed by atoms with van der Waals surface area (Å²) in [6, 6.07) is 19.7. The number of carbonyl (C=O) groups excluding carboxylic acids is 1. The molecule has 0 spiro atoms. The van der Waals surface area contributed by atoms with Gasteiger partial charge in [0.2, 0.25) is 0 Å². The van der Waals surface area contributed by atoms with E-state index >= 15 is 0 Å². The number of hydrogen-bond acceptors (Lipinski definition) is 5. The Balaban J connectivity index is 1.73. The van der Waals surface area contributed by atoms with Crippen LogP contribution in [0.1, 0.15) is 41.9 Å². The van der Waals surface area contributed by atoms with Crippen LogP contribution in [-0.2, 0) is 0 Å². The van der Waals surface area contributed by atoms with Gasteiger partial charge in [-0.3, -0.25) is 4.79 Å². The van der Waals surface area contributed by atoms with Crippen LogP contribution < -0.4 is 10.6 Å². The van der Waals surface area contributed by atoms with Gasteiger partial charge in [0.25, 0.3) is 5.91 Å². The number of aromatic nitrogens is 2. The monoisotopic (exact) mass is 373 g/mol. The second kappa shape index (κ2) is 8.08. The van der Waals surface area contributed by atoms with Gasteiger partial charge >= 0.3 is 0 Å². The van der Waals surface area contributed by atoms with E-state index in [1.165, 1.54) is 6.33 Å². The molecule has 0 fully saturated rings. The summed E-state index contributed by atoms with van der Waals surface area (Å²) in [5, 5.41) is 6.70. The second-order valence-electron chi connectivity index (χ2n) is 6.75. The van der Waals surface area contributed by atoms with E-state index in [1.54, 1.807) is 0 Å². The lowest BCUT2D eigenvalue weighted by Gasteiger charge is -2.38. The number of amides is 1. The smallest absolute Gasteiger partial charge is 0.263 e. The van der Waals surface area contributed by atoms with Crippen LogP contribution in [0.5, 0.6) is 0 Å². The summed E-state index contributed by atoms with van der Waals surface area (Å²) in [5.41, 5.74) is 2.39. The van der Waals surface area contributed by atoms with Crippen LogP contribution in [0.15, 0.2) is 67.0 Å². The summed E-state index contributed by atoms with van der Waals surface area (Å²) in [5.74, 6) is 1.01. The number of unbranched alkanes of at least 4 members (excludes halogenated alkanes) is 1. The summed E-state index contributed by atoms with van der Waals surface area (Å²) in [4.78, 5) is 24.1. The van der Waals surface area contributed by atoms with Gasteiger partial charge in [-0.2, -0.15) is 0 Å². The topological polar surface area (TPSA) is 70.2 Å². The number of nitrogens with zero attached hydrogens (tertiary/aromatic N) is 3. The molecule has 1 aliphatic rings. The lowest BCUT2D eigenvalue weighted by Crippen LogP contribution is -2.44. The number of para-hydroxylation sites is 1. The van der Waals surface area contributed by atoms with E-state index in [1.807, 2.05) is 65.6 Å². The minimum absolute atomic E-state index is 0.0601. The summed E-state index contributed by atoms with van der Waals surface area (Å²) in [7, 11) is 0. The molecular formula is C22H23N5O. The molecule has 0 bridgehead atoms. The van der Waals surface area contributed by atoms with Gasteiger partial charge in [-0.1, -0.05) is 61.9 Å². The van der Waals surface area contributed by atoms with E-state index in [2.05, 4.69) is 27.5 Å². The molecule has 6 heteroatoms. The highest BCUT2D eigenvalue weighted by Crippen LogP contribution is 2.35. The fourth-order valence-corrected chi connectivity index (χ4v) is 3.38. The summed E-state index contributed by atoms with van der Waals surface area (Å²) < 4.78 is 0. The van der Waals surface area contributed by atoms with Crippen molar-refractivity contribution in [3.8, 4) is 0 Å². The van der Waals surface area contributed by atoms with Gasteiger partial charge < -0.3 is 15.5 Å². The standard InChI is InChI=1S/C22H23N5O/c1-2-3-14-27-21(16-10-6-4-7-11-16)26-20-18(22(27)28)19(23-15-24-20)25-17-12-8-5-9-13-17/h4-13,15,21H,2-3,14H2,1H3,(H2,23,24,25,26). The van der Waals surface area contributed by atoms with E-state index in [0.29, 0.717) is 23.7 Å². The zero-order valence-corrected chi connectivity index (χ0v) is 15.8. The van der Waals surface area contributed by atoms with Gasteiger partial charge in [-0.05, 0) is 24.1 Å². The first-order valence-electron chi connectivity index (χ1n) is 9.57. The van der Waals surface area contributed by atoms with Crippen molar-refractivity contribution in [3.05, 3.63) is 78.1 Å². The minimum atomic E-state index is -0.243.